The van der Waals surface area contributed by atoms with Crippen LogP contribution in [0, 0.1) is 5.21 Å². The molecule has 1 aliphatic heterocycles. The van der Waals surface area contributed by atoms with E-state index in [9.17, 15) is 14.8 Å². The molecule has 4 rings (SSSR count). The number of urea groups is 1. The Morgan fingerprint density at radius 1 is 0.829 bits per heavy atom. The Morgan fingerprint density at radius 2 is 1.40 bits per heavy atom. The normalized spacial score (nSPS) is 17.7. The maximum absolute atomic E-state index is 14.5. The summed E-state index contributed by atoms with van der Waals surface area (Å²) >= 11 is 0. The van der Waals surface area contributed by atoms with E-state index < -0.39 is 10.7 Å². The number of para-hydroxylation sites is 1. The number of hydrogen-bond donors (Lipinski definition) is 0. The van der Waals surface area contributed by atoms with E-state index in [0.29, 0.717) is 49.4 Å². The zero-order valence-electron chi connectivity index (χ0n) is 19.9. The summed E-state index contributed by atoms with van der Waals surface area (Å²) in [6, 6.07) is 27.8. The molecule has 35 heavy (non-hydrogen) atoms. The number of esters is 1. The Morgan fingerprint density at radius 3 is 2.00 bits per heavy atom. The first-order valence-electron chi connectivity index (χ1n) is 12.1. The van der Waals surface area contributed by atoms with Crippen molar-refractivity contribution in [3.05, 3.63) is 107 Å². The molecule has 2 amide bonds. The van der Waals surface area contributed by atoms with Gasteiger partial charge in [0.15, 0.2) is 5.70 Å². The van der Waals surface area contributed by atoms with Crippen LogP contribution in [0.1, 0.15) is 43.7 Å². The van der Waals surface area contributed by atoms with Crippen molar-refractivity contribution in [3.63, 3.8) is 0 Å². The molecule has 1 unspecified atom stereocenters. The average Bonchev–Trinajstić information content (AvgIpc) is 3.12. The summed E-state index contributed by atoms with van der Waals surface area (Å²) in [5, 5.41) is 14.5. The largest absolute Gasteiger partial charge is 0.618 e. The summed E-state index contributed by atoms with van der Waals surface area (Å²) in [7, 11) is 0. The van der Waals surface area contributed by atoms with Crippen LogP contribution in [0.4, 0.5) is 10.5 Å². The monoisotopic (exact) mass is 470 g/mol. The molecular formula is C29H30N2O4. The fourth-order valence-electron chi connectivity index (χ4n) is 4.47. The maximum Gasteiger partial charge on any atom is 0.433 e. The molecule has 3 aromatic rings. The van der Waals surface area contributed by atoms with Crippen molar-refractivity contribution in [3.8, 4) is 0 Å². The van der Waals surface area contributed by atoms with Gasteiger partial charge in [-0.1, -0.05) is 66.7 Å². The summed E-state index contributed by atoms with van der Waals surface area (Å²) in [4.78, 5) is 27.1. The minimum Gasteiger partial charge on any atom is -0.618 e. The topological polar surface area (TPSA) is 69.7 Å². The number of carbonyl (C=O) groups excluding carboxylic acids is 2. The summed E-state index contributed by atoms with van der Waals surface area (Å²) in [6.45, 7) is 2.23. The fourth-order valence-corrected chi connectivity index (χ4v) is 4.47. The van der Waals surface area contributed by atoms with Gasteiger partial charge in [0.2, 0.25) is 0 Å². The van der Waals surface area contributed by atoms with E-state index in [4.69, 9.17) is 4.74 Å². The summed E-state index contributed by atoms with van der Waals surface area (Å²) in [5.41, 5.74) is 3.23. The van der Waals surface area contributed by atoms with Crippen LogP contribution >= 0.6 is 0 Å². The average molecular weight is 471 g/mol. The highest BCUT2D eigenvalue weighted by Gasteiger charge is 2.49. The van der Waals surface area contributed by atoms with E-state index in [-0.39, 0.29) is 12.5 Å². The van der Waals surface area contributed by atoms with E-state index in [1.165, 1.54) is 0 Å². The van der Waals surface area contributed by atoms with Gasteiger partial charge >= 0.3 is 12.0 Å². The lowest BCUT2D eigenvalue weighted by Gasteiger charge is -2.37. The molecular weight excluding hydrogens is 440 g/mol. The second-order valence-electron chi connectivity index (χ2n) is 8.46. The molecule has 0 saturated heterocycles. The van der Waals surface area contributed by atoms with Gasteiger partial charge in [0, 0.05) is 17.5 Å². The molecule has 0 aromatic heterocycles. The minimum absolute atomic E-state index is 0.0888. The second kappa shape index (κ2) is 11.1. The number of ether oxygens (including phenoxy) is 1. The van der Waals surface area contributed by atoms with Crippen LogP contribution in [0.5, 0.6) is 0 Å². The predicted octanol–water partition coefficient (Wildman–Crippen LogP) is 6.59. The van der Waals surface area contributed by atoms with Crippen molar-refractivity contribution in [1.82, 2.24) is 0 Å². The quantitative estimate of drug-likeness (QED) is 0.145. The Balaban J connectivity index is 1.74. The summed E-state index contributed by atoms with van der Waals surface area (Å²) in [5.74, 6) is -0.234. The van der Waals surface area contributed by atoms with Gasteiger partial charge < -0.3 is 9.94 Å². The van der Waals surface area contributed by atoms with Crippen LogP contribution in [-0.2, 0) is 9.53 Å². The molecule has 0 bridgehead atoms. The standard InChI is InChI=1S/C29H30N2O4/c1-2-35-26(32)21-13-6-14-22-31(34)28(24-17-9-4-10-18-24)27(23-15-7-3-8-16-23)30(29(31)33)25-19-11-5-12-20-25/h3-5,7-12,15-20H,2,6,13-14,21-22H2,1H3. The molecule has 0 fully saturated rings. The number of hydrogen-bond acceptors (Lipinski definition) is 4. The Hall–Kier alpha value is -3.74. The van der Waals surface area contributed by atoms with Crippen molar-refractivity contribution in [1.29, 1.82) is 0 Å². The van der Waals surface area contributed by atoms with Crippen LogP contribution in [0.15, 0.2) is 91.0 Å². The molecule has 0 saturated carbocycles. The lowest BCUT2D eigenvalue weighted by Crippen LogP contribution is -2.47. The van der Waals surface area contributed by atoms with Crippen molar-refractivity contribution >= 4 is 29.1 Å². The molecule has 0 N–H and O–H groups in total. The Kier molecular flexibility index (Phi) is 7.75. The smallest absolute Gasteiger partial charge is 0.433 e. The number of hydroxylamine groups is 3. The lowest BCUT2D eigenvalue weighted by molar-refractivity contribution is -0.717. The number of carbonyl (C=O) groups is 2. The van der Waals surface area contributed by atoms with Gasteiger partial charge in [0.05, 0.1) is 18.8 Å². The molecule has 1 heterocycles. The SMILES string of the molecule is CCOC(=O)CCCCC[N+]1([O-])C(=O)N(c2ccccc2)C(c2ccccc2)=C1c1ccccc1. The molecule has 6 heteroatoms. The number of amides is 2. The highest BCUT2D eigenvalue weighted by atomic mass is 16.6. The number of quaternary nitrogens is 1. The first-order valence-corrected chi connectivity index (χ1v) is 12.1. The third-order valence-electron chi connectivity index (χ3n) is 6.08. The first-order chi connectivity index (χ1) is 17.1. The molecule has 1 atom stereocenters. The summed E-state index contributed by atoms with van der Waals surface area (Å²) in [6.07, 6.45) is 2.09. The third kappa shape index (κ3) is 5.19. The van der Waals surface area contributed by atoms with Gasteiger partial charge in [-0.2, -0.15) is 0 Å². The van der Waals surface area contributed by atoms with Gasteiger partial charge in [-0.3, -0.25) is 4.79 Å². The molecule has 3 aromatic carbocycles. The van der Waals surface area contributed by atoms with Gasteiger partial charge in [-0.05, 0) is 50.5 Å². The highest BCUT2D eigenvalue weighted by Crippen LogP contribution is 2.46. The number of nitrogens with zero attached hydrogens (tertiary/aromatic N) is 2. The van der Waals surface area contributed by atoms with Crippen molar-refractivity contribution < 1.29 is 19.0 Å². The van der Waals surface area contributed by atoms with Crippen molar-refractivity contribution in [2.75, 3.05) is 18.1 Å². The van der Waals surface area contributed by atoms with E-state index in [1.54, 1.807) is 11.8 Å². The van der Waals surface area contributed by atoms with Gasteiger partial charge in [0.25, 0.3) is 0 Å². The van der Waals surface area contributed by atoms with Gasteiger partial charge in [-0.25, -0.2) is 14.3 Å². The van der Waals surface area contributed by atoms with Gasteiger partial charge in [0.1, 0.15) is 5.70 Å². The van der Waals surface area contributed by atoms with E-state index in [2.05, 4.69) is 0 Å². The zero-order chi connectivity index (χ0) is 24.7. The van der Waals surface area contributed by atoms with Crippen LogP contribution in [0.2, 0.25) is 0 Å². The summed E-state index contributed by atoms with van der Waals surface area (Å²) < 4.78 is 3.91. The molecule has 0 radical (unpaired) electrons. The number of benzene rings is 3. The minimum atomic E-state index is -1.08. The van der Waals surface area contributed by atoms with Crippen LogP contribution in [0.3, 0.4) is 0 Å². The predicted molar refractivity (Wildman–Crippen MR) is 138 cm³/mol. The van der Waals surface area contributed by atoms with Crippen molar-refractivity contribution in [2.24, 2.45) is 0 Å². The van der Waals surface area contributed by atoms with E-state index in [1.807, 2.05) is 91.0 Å². The van der Waals surface area contributed by atoms with E-state index in [0.717, 1.165) is 11.1 Å². The molecule has 0 spiro atoms. The second-order valence-corrected chi connectivity index (χ2v) is 8.46. The highest BCUT2D eigenvalue weighted by molar-refractivity contribution is 6.14. The fraction of sp³-hybridized carbons (Fsp3) is 0.241. The van der Waals surface area contributed by atoms with Crippen LogP contribution in [-0.4, -0.2) is 29.8 Å². The van der Waals surface area contributed by atoms with E-state index >= 15 is 0 Å². The first kappa shape index (κ1) is 24.4. The Bertz CT molecular complexity index is 1180. The number of unbranched alkanes of at least 4 members (excludes halogenated alkanes) is 2. The molecule has 180 valence electrons. The third-order valence-corrected chi connectivity index (χ3v) is 6.08. The maximum atomic E-state index is 14.5. The lowest BCUT2D eigenvalue weighted by atomic mass is 10.0. The molecule has 1 aliphatic rings. The van der Waals surface area contributed by atoms with Crippen LogP contribution < -0.4 is 4.90 Å². The van der Waals surface area contributed by atoms with Gasteiger partial charge in [-0.15, -0.1) is 0 Å². The number of anilines is 1. The molecule has 6 nitrogen and oxygen atoms in total. The zero-order valence-corrected chi connectivity index (χ0v) is 19.9. The Labute approximate surface area is 206 Å². The number of rotatable bonds is 10. The van der Waals surface area contributed by atoms with Crippen LogP contribution in [0.25, 0.3) is 11.4 Å². The van der Waals surface area contributed by atoms with Crippen molar-refractivity contribution in [2.45, 2.75) is 32.6 Å². The molecule has 0 aliphatic carbocycles.